The van der Waals surface area contributed by atoms with E-state index in [1.165, 1.54) is 19.3 Å². The molecule has 3 atom stereocenters. The molecule has 4 rings (SSSR count). The summed E-state index contributed by atoms with van der Waals surface area (Å²) in [7, 11) is 0. The van der Waals surface area contributed by atoms with Crippen LogP contribution in [-0.4, -0.2) is 22.8 Å². The van der Waals surface area contributed by atoms with Gasteiger partial charge in [-0.15, -0.1) is 0 Å². The van der Waals surface area contributed by atoms with Gasteiger partial charge in [-0.3, -0.25) is 0 Å². The van der Waals surface area contributed by atoms with Gasteiger partial charge in [0.1, 0.15) is 0 Å². The van der Waals surface area contributed by atoms with E-state index in [9.17, 15) is 9.90 Å². The Morgan fingerprint density at radius 3 is 2.45 bits per heavy atom. The highest BCUT2D eigenvalue weighted by Gasteiger charge is 2.57. The highest BCUT2D eigenvalue weighted by atomic mass is 16.5. The number of carbonyl (C=O) groups excluding carboxylic acids is 1. The van der Waals surface area contributed by atoms with Crippen LogP contribution in [0.1, 0.15) is 58.8 Å². The average molecular weight is 278 g/mol. The van der Waals surface area contributed by atoms with Crippen LogP contribution in [0.3, 0.4) is 0 Å². The highest BCUT2D eigenvalue weighted by molar-refractivity contribution is 5.87. The molecule has 4 aliphatic carbocycles. The molecule has 0 aromatic carbocycles. The van der Waals surface area contributed by atoms with Crippen LogP contribution in [0.25, 0.3) is 0 Å². The Kier molecular flexibility index (Phi) is 3.24. The number of hydrogen-bond acceptors (Lipinski definition) is 3. The van der Waals surface area contributed by atoms with Gasteiger partial charge >= 0.3 is 5.97 Å². The molecule has 1 N–H and O–H groups in total. The summed E-state index contributed by atoms with van der Waals surface area (Å²) in [6.45, 7) is 7.29. The van der Waals surface area contributed by atoms with E-state index in [4.69, 9.17) is 4.74 Å². The van der Waals surface area contributed by atoms with Gasteiger partial charge in [-0.2, -0.15) is 0 Å². The van der Waals surface area contributed by atoms with Gasteiger partial charge in [0.25, 0.3) is 0 Å². The van der Waals surface area contributed by atoms with Crippen molar-refractivity contribution in [2.75, 3.05) is 0 Å². The fourth-order valence-corrected chi connectivity index (χ4v) is 5.58. The molecule has 0 spiro atoms. The third-order valence-electron chi connectivity index (χ3n) is 5.53. The van der Waals surface area contributed by atoms with Crippen molar-refractivity contribution in [1.29, 1.82) is 0 Å². The van der Waals surface area contributed by atoms with Crippen molar-refractivity contribution >= 4 is 5.97 Å². The predicted molar refractivity (Wildman–Crippen MR) is 77.0 cm³/mol. The number of rotatable bonds is 4. The third-order valence-corrected chi connectivity index (χ3v) is 5.53. The second kappa shape index (κ2) is 4.59. The van der Waals surface area contributed by atoms with Gasteiger partial charge in [-0.05, 0) is 76.0 Å². The zero-order chi connectivity index (χ0) is 14.5. The van der Waals surface area contributed by atoms with Crippen molar-refractivity contribution in [1.82, 2.24) is 0 Å². The SMILES string of the molecule is C=C(C)C(=O)OC(C)CC12CC3CC(CC(O)(C3)C1)C2. The summed E-state index contributed by atoms with van der Waals surface area (Å²) in [4.78, 5) is 11.6. The van der Waals surface area contributed by atoms with Crippen molar-refractivity contribution < 1.29 is 14.6 Å². The lowest BCUT2D eigenvalue weighted by atomic mass is 9.47. The van der Waals surface area contributed by atoms with Crippen LogP contribution in [0.2, 0.25) is 0 Å². The van der Waals surface area contributed by atoms with Crippen LogP contribution < -0.4 is 0 Å². The van der Waals surface area contributed by atoms with E-state index < -0.39 is 5.60 Å². The largest absolute Gasteiger partial charge is 0.459 e. The standard InChI is InChI=1S/C17H26O3/c1-11(2)15(18)20-12(3)5-16-6-13-4-14(7-16)9-17(19,8-13)10-16/h12-14,19H,1,4-10H2,2-3H3. The minimum absolute atomic E-state index is 0.0842. The predicted octanol–water partition coefficient (Wildman–Crippen LogP) is 3.22. The number of esters is 1. The molecule has 112 valence electrons. The molecule has 4 saturated carbocycles. The Labute approximate surface area is 121 Å². The molecular weight excluding hydrogens is 252 g/mol. The minimum Gasteiger partial charge on any atom is -0.459 e. The summed E-state index contributed by atoms with van der Waals surface area (Å²) in [5.41, 5.74) is 0.233. The van der Waals surface area contributed by atoms with Crippen molar-refractivity contribution in [2.24, 2.45) is 17.3 Å². The molecule has 0 aromatic heterocycles. The summed E-state index contributed by atoms with van der Waals surface area (Å²) < 4.78 is 5.46. The van der Waals surface area contributed by atoms with Crippen LogP contribution in [0.4, 0.5) is 0 Å². The summed E-state index contributed by atoms with van der Waals surface area (Å²) in [6.07, 6.45) is 7.41. The Balaban J connectivity index is 1.68. The summed E-state index contributed by atoms with van der Waals surface area (Å²) in [6, 6.07) is 0. The molecule has 0 aromatic rings. The zero-order valence-corrected chi connectivity index (χ0v) is 12.7. The number of hydrogen-bond donors (Lipinski definition) is 1. The van der Waals surface area contributed by atoms with Gasteiger partial charge in [0.2, 0.25) is 0 Å². The average Bonchev–Trinajstić information content (AvgIpc) is 2.23. The zero-order valence-electron chi connectivity index (χ0n) is 12.7. The fraction of sp³-hybridized carbons (Fsp3) is 0.824. The number of carbonyl (C=O) groups is 1. The van der Waals surface area contributed by atoms with E-state index in [0.717, 1.165) is 25.7 Å². The van der Waals surface area contributed by atoms with Gasteiger partial charge in [0.15, 0.2) is 0 Å². The lowest BCUT2D eigenvalue weighted by Crippen LogP contribution is -2.56. The van der Waals surface area contributed by atoms with Gasteiger partial charge < -0.3 is 9.84 Å². The molecule has 0 radical (unpaired) electrons. The highest BCUT2D eigenvalue weighted by Crippen LogP contribution is 2.63. The van der Waals surface area contributed by atoms with E-state index in [1.807, 2.05) is 6.92 Å². The first-order chi connectivity index (χ1) is 9.29. The Hall–Kier alpha value is -0.830. The van der Waals surface area contributed by atoms with Gasteiger partial charge in [-0.25, -0.2) is 4.79 Å². The molecule has 20 heavy (non-hydrogen) atoms. The fourth-order valence-electron chi connectivity index (χ4n) is 5.58. The van der Waals surface area contributed by atoms with E-state index in [-0.39, 0.29) is 17.5 Å². The first kappa shape index (κ1) is 14.1. The molecule has 4 aliphatic rings. The molecule has 0 aliphatic heterocycles. The Bertz CT molecular complexity index is 426. The van der Waals surface area contributed by atoms with Crippen LogP contribution in [0, 0.1) is 17.3 Å². The van der Waals surface area contributed by atoms with Crippen LogP contribution in [-0.2, 0) is 9.53 Å². The quantitative estimate of drug-likeness (QED) is 0.634. The maximum Gasteiger partial charge on any atom is 0.333 e. The Morgan fingerprint density at radius 1 is 1.35 bits per heavy atom. The second-order valence-electron chi connectivity index (χ2n) is 7.89. The maximum absolute atomic E-state index is 11.6. The first-order valence-electron chi connectivity index (χ1n) is 7.88. The van der Waals surface area contributed by atoms with Crippen molar-refractivity contribution in [2.45, 2.75) is 70.5 Å². The maximum atomic E-state index is 11.6. The molecule has 0 amide bonds. The van der Waals surface area contributed by atoms with E-state index >= 15 is 0 Å². The lowest BCUT2D eigenvalue weighted by molar-refractivity contribution is -0.176. The van der Waals surface area contributed by atoms with Crippen LogP contribution in [0.15, 0.2) is 12.2 Å². The van der Waals surface area contributed by atoms with E-state index in [2.05, 4.69) is 6.58 Å². The topological polar surface area (TPSA) is 46.5 Å². The minimum atomic E-state index is -0.428. The molecule has 3 heteroatoms. The first-order valence-corrected chi connectivity index (χ1v) is 7.88. The lowest BCUT2D eigenvalue weighted by Gasteiger charge is -2.60. The van der Waals surface area contributed by atoms with E-state index in [1.54, 1.807) is 6.92 Å². The van der Waals surface area contributed by atoms with Gasteiger partial charge in [0, 0.05) is 5.57 Å². The monoisotopic (exact) mass is 278 g/mol. The second-order valence-corrected chi connectivity index (χ2v) is 7.89. The number of aliphatic hydroxyl groups is 1. The molecule has 4 bridgehead atoms. The molecule has 0 saturated heterocycles. The van der Waals surface area contributed by atoms with Crippen molar-refractivity contribution in [3.05, 3.63) is 12.2 Å². The smallest absolute Gasteiger partial charge is 0.333 e. The molecular formula is C17H26O3. The normalized spacial score (nSPS) is 43.4. The van der Waals surface area contributed by atoms with Crippen LogP contribution >= 0.6 is 0 Å². The summed E-state index contributed by atoms with van der Waals surface area (Å²) in [5.74, 6) is 1.08. The van der Waals surface area contributed by atoms with Crippen LogP contribution in [0.5, 0.6) is 0 Å². The van der Waals surface area contributed by atoms with Crippen molar-refractivity contribution in [3.8, 4) is 0 Å². The van der Waals surface area contributed by atoms with E-state index in [0.29, 0.717) is 17.4 Å². The van der Waals surface area contributed by atoms with Gasteiger partial charge in [0.05, 0.1) is 11.7 Å². The molecule has 0 heterocycles. The van der Waals surface area contributed by atoms with Gasteiger partial charge in [-0.1, -0.05) is 6.58 Å². The third kappa shape index (κ3) is 2.52. The summed E-state index contributed by atoms with van der Waals surface area (Å²) in [5, 5.41) is 10.7. The molecule has 4 fully saturated rings. The Morgan fingerprint density at radius 2 is 1.95 bits per heavy atom. The van der Waals surface area contributed by atoms with Crippen molar-refractivity contribution in [3.63, 3.8) is 0 Å². The molecule has 3 unspecified atom stereocenters. The number of ether oxygens (including phenoxy) is 1. The molecule has 3 nitrogen and oxygen atoms in total. The summed E-state index contributed by atoms with van der Waals surface area (Å²) >= 11 is 0.